The van der Waals surface area contributed by atoms with Crippen LogP contribution in [0.1, 0.15) is 24.1 Å². The Hall–Kier alpha value is -2.94. The Morgan fingerprint density at radius 3 is 2.65 bits per heavy atom. The maximum Gasteiger partial charge on any atom is 0.244 e. The van der Waals surface area contributed by atoms with E-state index in [9.17, 15) is 4.79 Å². The van der Waals surface area contributed by atoms with Crippen molar-refractivity contribution >= 4 is 22.9 Å². The average molecular weight is 302 g/mol. The van der Waals surface area contributed by atoms with Crippen LogP contribution in [0, 0.1) is 0 Å². The molecule has 0 spiro atoms. The van der Waals surface area contributed by atoms with Crippen molar-refractivity contribution in [3.05, 3.63) is 84.1 Å². The summed E-state index contributed by atoms with van der Waals surface area (Å²) in [5.41, 5.74) is 2.92. The van der Waals surface area contributed by atoms with Gasteiger partial charge in [0.25, 0.3) is 0 Å². The second-order valence-electron chi connectivity index (χ2n) is 5.40. The van der Waals surface area contributed by atoms with Crippen molar-refractivity contribution < 1.29 is 4.79 Å². The highest BCUT2D eigenvalue weighted by Gasteiger charge is 2.06. The topological polar surface area (TPSA) is 42.0 Å². The Morgan fingerprint density at radius 2 is 1.83 bits per heavy atom. The standard InChI is InChI=1S/C20H18N2O/c1-15(16-7-3-2-4-8-16)22-19(23)13-12-18-10-5-9-17-11-6-14-21-20(17)18/h2-15H,1H3,(H,22,23)/b13-12+. The lowest BCUT2D eigenvalue weighted by Gasteiger charge is -2.12. The molecule has 1 atom stereocenters. The number of amides is 1. The van der Waals surface area contributed by atoms with Gasteiger partial charge in [0.05, 0.1) is 11.6 Å². The number of nitrogens with zero attached hydrogens (tertiary/aromatic N) is 1. The fourth-order valence-electron chi connectivity index (χ4n) is 2.51. The van der Waals surface area contributed by atoms with Crippen molar-refractivity contribution in [1.29, 1.82) is 0 Å². The molecule has 3 nitrogen and oxygen atoms in total. The first-order chi connectivity index (χ1) is 11.2. The van der Waals surface area contributed by atoms with Crippen molar-refractivity contribution in [1.82, 2.24) is 10.3 Å². The molecule has 0 bridgehead atoms. The molecule has 0 fully saturated rings. The number of para-hydroxylation sites is 1. The smallest absolute Gasteiger partial charge is 0.244 e. The number of rotatable bonds is 4. The molecule has 0 saturated carbocycles. The van der Waals surface area contributed by atoms with E-state index in [1.54, 1.807) is 12.3 Å². The number of nitrogens with one attached hydrogen (secondary N) is 1. The van der Waals surface area contributed by atoms with E-state index in [1.807, 2.05) is 73.7 Å². The van der Waals surface area contributed by atoms with Crippen LogP contribution in [0.15, 0.2) is 72.9 Å². The minimum atomic E-state index is -0.116. The van der Waals surface area contributed by atoms with Crippen LogP contribution < -0.4 is 5.32 Å². The average Bonchev–Trinajstić information content (AvgIpc) is 2.60. The minimum absolute atomic E-state index is 0.0287. The van der Waals surface area contributed by atoms with E-state index in [4.69, 9.17) is 0 Å². The molecule has 0 aliphatic rings. The van der Waals surface area contributed by atoms with Crippen LogP contribution in [-0.2, 0) is 4.79 Å². The minimum Gasteiger partial charge on any atom is -0.346 e. The molecule has 0 saturated heterocycles. The lowest BCUT2D eigenvalue weighted by molar-refractivity contribution is -0.117. The van der Waals surface area contributed by atoms with E-state index in [1.165, 1.54) is 0 Å². The second-order valence-corrected chi connectivity index (χ2v) is 5.40. The summed E-state index contributed by atoms with van der Waals surface area (Å²) in [6, 6.07) is 19.7. The molecule has 1 unspecified atom stereocenters. The summed E-state index contributed by atoms with van der Waals surface area (Å²) in [5.74, 6) is -0.116. The number of aromatic nitrogens is 1. The predicted molar refractivity (Wildman–Crippen MR) is 93.8 cm³/mol. The van der Waals surface area contributed by atoms with Gasteiger partial charge < -0.3 is 5.32 Å². The molecule has 1 amide bonds. The van der Waals surface area contributed by atoms with E-state index in [2.05, 4.69) is 10.3 Å². The molecule has 0 aliphatic carbocycles. The Kier molecular flexibility index (Phi) is 4.48. The number of hydrogen-bond acceptors (Lipinski definition) is 2. The van der Waals surface area contributed by atoms with Gasteiger partial charge >= 0.3 is 0 Å². The molecule has 23 heavy (non-hydrogen) atoms. The molecule has 2 aromatic carbocycles. The first-order valence-electron chi connectivity index (χ1n) is 7.61. The third kappa shape index (κ3) is 3.64. The van der Waals surface area contributed by atoms with E-state index < -0.39 is 0 Å². The zero-order chi connectivity index (χ0) is 16.1. The van der Waals surface area contributed by atoms with Gasteiger partial charge in [-0.25, -0.2) is 0 Å². The molecule has 1 N–H and O–H groups in total. The SMILES string of the molecule is CC(NC(=O)/C=C/c1cccc2cccnc12)c1ccccc1. The zero-order valence-corrected chi connectivity index (χ0v) is 12.9. The first-order valence-corrected chi connectivity index (χ1v) is 7.61. The van der Waals surface area contributed by atoms with Crippen LogP contribution in [0.3, 0.4) is 0 Å². The van der Waals surface area contributed by atoms with Gasteiger partial charge in [0.1, 0.15) is 0 Å². The first kappa shape index (κ1) is 15.0. The second kappa shape index (κ2) is 6.88. The van der Waals surface area contributed by atoms with Crippen LogP contribution in [0.25, 0.3) is 17.0 Å². The normalized spacial score (nSPS) is 12.4. The fourth-order valence-corrected chi connectivity index (χ4v) is 2.51. The third-order valence-corrected chi connectivity index (χ3v) is 3.74. The number of pyridine rings is 1. The van der Waals surface area contributed by atoms with Gasteiger partial charge in [-0.1, -0.05) is 54.6 Å². The van der Waals surface area contributed by atoms with Gasteiger partial charge in [-0.2, -0.15) is 0 Å². The van der Waals surface area contributed by atoms with Crippen LogP contribution in [0.2, 0.25) is 0 Å². The van der Waals surface area contributed by atoms with E-state index in [0.717, 1.165) is 22.0 Å². The predicted octanol–water partition coefficient (Wildman–Crippen LogP) is 4.13. The Balaban J connectivity index is 1.73. The van der Waals surface area contributed by atoms with Crippen molar-refractivity contribution in [2.24, 2.45) is 0 Å². The van der Waals surface area contributed by atoms with Crippen LogP contribution in [-0.4, -0.2) is 10.9 Å². The van der Waals surface area contributed by atoms with E-state index in [-0.39, 0.29) is 11.9 Å². The number of carbonyl (C=O) groups excluding carboxylic acids is 1. The molecule has 3 aromatic rings. The molecular formula is C20H18N2O. The Morgan fingerprint density at radius 1 is 1.04 bits per heavy atom. The van der Waals surface area contributed by atoms with Gasteiger partial charge in [-0.3, -0.25) is 9.78 Å². The van der Waals surface area contributed by atoms with Gasteiger partial charge in [-0.15, -0.1) is 0 Å². The highest BCUT2D eigenvalue weighted by atomic mass is 16.1. The summed E-state index contributed by atoms with van der Waals surface area (Å²) in [6.07, 6.45) is 5.13. The van der Waals surface area contributed by atoms with E-state index in [0.29, 0.717) is 0 Å². The van der Waals surface area contributed by atoms with Crippen molar-refractivity contribution in [3.63, 3.8) is 0 Å². The number of carbonyl (C=O) groups is 1. The largest absolute Gasteiger partial charge is 0.346 e. The third-order valence-electron chi connectivity index (χ3n) is 3.74. The van der Waals surface area contributed by atoms with Gasteiger partial charge in [0.2, 0.25) is 5.91 Å². The number of benzene rings is 2. The summed E-state index contributed by atoms with van der Waals surface area (Å²) in [7, 11) is 0. The molecule has 1 aromatic heterocycles. The molecule has 3 heteroatoms. The van der Waals surface area contributed by atoms with Crippen LogP contribution >= 0.6 is 0 Å². The van der Waals surface area contributed by atoms with Crippen molar-refractivity contribution in [2.45, 2.75) is 13.0 Å². The fraction of sp³-hybridized carbons (Fsp3) is 0.100. The maximum absolute atomic E-state index is 12.1. The molecule has 1 heterocycles. The number of hydrogen-bond donors (Lipinski definition) is 1. The van der Waals surface area contributed by atoms with Crippen molar-refractivity contribution in [3.8, 4) is 0 Å². The van der Waals surface area contributed by atoms with Crippen LogP contribution in [0.4, 0.5) is 0 Å². The van der Waals surface area contributed by atoms with Crippen molar-refractivity contribution in [2.75, 3.05) is 0 Å². The quantitative estimate of drug-likeness (QED) is 0.736. The van der Waals surface area contributed by atoms with E-state index >= 15 is 0 Å². The lowest BCUT2D eigenvalue weighted by atomic mass is 10.1. The number of fused-ring (bicyclic) bond motifs is 1. The Bertz CT molecular complexity index is 835. The molecule has 0 radical (unpaired) electrons. The zero-order valence-electron chi connectivity index (χ0n) is 12.9. The molecule has 3 rings (SSSR count). The molecule has 114 valence electrons. The molecule has 0 aliphatic heterocycles. The molecular weight excluding hydrogens is 284 g/mol. The Labute approximate surface area is 135 Å². The monoisotopic (exact) mass is 302 g/mol. The highest BCUT2D eigenvalue weighted by molar-refractivity contribution is 5.95. The highest BCUT2D eigenvalue weighted by Crippen LogP contribution is 2.17. The van der Waals surface area contributed by atoms with Gasteiger partial charge in [0, 0.05) is 23.2 Å². The van der Waals surface area contributed by atoms with Crippen LogP contribution in [0.5, 0.6) is 0 Å². The summed E-state index contributed by atoms with van der Waals surface area (Å²) in [5, 5.41) is 4.03. The lowest BCUT2D eigenvalue weighted by Crippen LogP contribution is -2.24. The van der Waals surface area contributed by atoms with Gasteiger partial charge in [-0.05, 0) is 24.6 Å². The summed E-state index contributed by atoms with van der Waals surface area (Å²) in [6.45, 7) is 1.97. The summed E-state index contributed by atoms with van der Waals surface area (Å²) < 4.78 is 0. The maximum atomic E-state index is 12.1. The summed E-state index contributed by atoms with van der Waals surface area (Å²) >= 11 is 0. The van der Waals surface area contributed by atoms with Gasteiger partial charge in [0.15, 0.2) is 0 Å². The summed E-state index contributed by atoms with van der Waals surface area (Å²) in [4.78, 5) is 16.5.